The Hall–Kier alpha value is -2.36. The summed E-state index contributed by atoms with van der Waals surface area (Å²) >= 11 is 0. The predicted molar refractivity (Wildman–Crippen MR) is 93.5 cm³/mol. The molecule has 1 fully saturated rings. The maximum atomic E-state index is 13.3. The number of hydrogen-bond donors (Lipinski definition) is 0. The standard InChI is InChI=1S/C17H18FN3O4S/c18-15-4-1-3-14(11-15)13-19-7-9-20(10-8-19)26(24,25)17-6-2-5-16(12-17)21(22)23/h1-6,11-12H,7-10,13H2. The highest BCUT2D eigenvalue weighted by atomic mass is 32.2. The Morgan fingerprint density at radius 3 is 2.38 bits per heavy atom. The Kier molecular flexibility index (Phi) is 5.30. The first-order chi connectivity index (χ1) is 12.4. The molecule has 0 amide bonds. The number of nitro benzene ring substituents is 1. The molecule has 0 N–H and O–H groups in total. The molecule has 1 saturated heterocycles. The van der Waals surface area contributed by atoms with Crippen molar-refractivity contribution in [3.63, 3.8) is 0 Å². The fourth-order valence-corrected chi connectivity index (χ4v) is 4.39. The number of nitrogens with zero attached hydrogens (tertiary/aromatic N) is 3. The average molecular weight is 379 g/mol. The molecule has 1 aliphatic heterocycles. The molecule has 2 aromatic carbocycles. The molecule has 0 radical (unpaired) electrons. The van der Waals surface area contributed by atoms with Gasteiger partial charge in [0.25, 0.3) is 5.69 Å². The minimum atomic E-state index is -3.78. The molecule has 2 aromatic rings. The van der Waals surface area contributed by atoms with E-state index < -0.39 is 14.9 Å². The van der Waals surface area contributed by atoms with Crippen LogP contribution in [0, 0.1) is 15.9 Å². The van der Waals surface area contributed by atoms with Gasteiger partial charge in [0.1, 0.15) is 5.82 Å². The van der Waals surface area contributed by atoms with E-state index in [2.05, 4.69) is 0 Å². The first-order valence-electron chi connectivity index (χ1n) is 8.08. The average Bonchev–Trinajstić information content (AvgIpc) is 2.62. The van der Waals surface area contributed by atoms with Crippen molar-refractivity contribution in [3.05, 3.63) is 70.0 Å². The molecule has 0 unspecified atom stereocenters. The SMILES string of the molecule is O=[N+]([O-])c1cccc(S(=O)(=O)N2CCN(Cc3cccc(F)c3)CC2)c1. The highest BCUT2D eigenvalue weighted by Crippen LogP contribution is 2.22. The van der Waals surface area contributed by atoms with Gasteiger partial charge >= 0.3 is 0 Å². The van der Waals surface area contributed by atoms with E-state index in [4.69, 9.17) is 0 Å². The van der Waals surface area contributed by atoms with Crippen molar-refractivity contribution in [2.45, 2.75) is 11.4 Å². The van der Waals surface area contributed by atoms with Gasteiger partial charge in [-0.15, -0.1) is 0 Å². The van der Waals surface area contributed by atoms with E-state index in [1.54, 1.807) is 6.07 Å². The largest absolute Gasteiger partial charge is 0.296 e. The van der Waals surface area contributed by atoms with Crippen molar-refractivity contribution in [2.24, 2.45) is 0 Å². The van der Waals surface area contributed by atoms with Gasteiger partial charge in [-0.2, -0.15) is 4.31 Å². The van der Waals surface area contributed by atoms with E-state index in [0.717, 1.165) is 11.6 Å². The molecule has 138 valence electrons. The molecule has 0 aromatic heterocycles. The van der Waals surface area contributed by atoms with E-state index >= 15 is 0 Å². The van der Waals surface area contributed by atoms with E-state index in [1.807, 2.05) is 11.0 Å². The van der Waals surface area contributed by atoms with Crippen molar-refractivity contribution >= 4 is 15.7 Å². The van der Waals surface area contributed by atoms with Gasteiger partial charge in [-0.05, 0) is 23.8 Å². The third-order valence-electron chi connectivity index (χ3n) is 4.29. The number of halogens is 1. The molecule has 1 aliphatic rings. The van der Waals surface area contributed by atoms with Crippen LogP contribution in [-0.4, -0.2) is 48.7 Å². The van der Waals surface area contributed by atoms with Crippen LogP contribution in [0.1, 0.15) is 5.56 Å². The van der Waals surface area contributed by atoms with Gasteiger partial charge in [0.15, 0.2) is 0 Å². The quantitative estimate of drug-likeness (QED) is 0.588. The summed E-state index contributed by atoms with van der Waals surface area (Å²) in [6.45, 7) is 2.11. The lowest BCUT2D eigenvalue weighted by atomic mass is 10.2. The zero-order chi connectivity index (χ0) is 18.7. The fraction of sp³-hybridized carbons (Fsp3) is 0.294. The van der Waals surface area contributed by atoms with Crippen LogP contribution in [0.5, 0.6) is 0 Å². The molecule has 0 aliphatic carbocycles. The predicted octanol–water partition coefficient (Wildman–Crippen LogP) is 2.24. The number of benzene rings is 2. The van der Waals surface area contributed by atoms with Gasteiger partial charge in [0.2, 0.25) is 10.0 Å². The van der Waals surface area contributed by atoms with Crippen LogP contribution in [0.15, 0.2) is 53.4 Å². The maximum Gasteiger partial charge on any atom is 0.270 e. The number of piperazine rings is 1. The van der Waals surface area contributed by atoms with Crippen LogP contribution in [0.3, 0.4) is 0 Å². The van der Waals surface area contributed by atoms with E-state index in [-0.39, 0.29) is 29.5 Å². The van der Waals surface area contributed by atoms with Crippen LogP contribution in [0.25, 0.3) is 0 Å². The third kappa shape index (κ3) is 4.06. The summed E-state index contributed by atoms with van der Waals surface area (Å²) in [7, 11) is -3.78. The summed E-state index contributed by atoms with van der Waals surface area (Å²) in [5.74, 6) is -0.297. The zero-order valence-electron chi connectivity index (χ0n) is 13.9. The van der Waals surface area contributed by atoms with Gasteiger partial charge in [-0.3, -0.25) is 15.0 Å². The Balaban J connectivity index is 1.67. The molecule has 0 bridgehead atoms. The van der Waals surface area contributed by atoms with Crippen LogP contribution < -0.4 is 0 Å². The molecular weight excluding hydrogens is 361 g/mol. The zero-order valence-corrected chi connectivity index (χ0v) is 14.7. The van der Waals surface area contributed by atoms with Crippen LogP contribution in [-0.2, 0) is 16.6 Å². The van der Waals surface area contributed by atoms with Crippen molar-refractivity contribution in [3.8, 4) is 0 Å². The van der Waals surface area contributed by atoms with Crippen LogP contribution >= 0.6 is 0 Å². The molecule has 7 nitrogen and oxygen atoms in total. The molecule has 9 heteroatoms. The lowest BCUT2D eigenvalue weighted by molar-refractivity contribution is -0.385. The monoisotopic (exact) mass is 379 g/mol. The van der Waals surface area contributed by atoms with E-state index in [1.165, 1.54) is 34.6 Å². The molecule has 0 saturated carbocycles. The first kappa shape index (κ1) is 18.4. The number of non-ortho nitro benzene ring substituents is 1. The molecular formula is C17H18FN3O4S. The number of nitro groups is 1. The number of hydrogen-bond acceptors (Lipinski definition) is 5. The normalized spacial score (nSPS) is 16.5. The molecule has 1 heterocycles. The van der Waals surface area contributed by atoms with E-state index in [0.29, 0.717) is 19.6 Å². The number of sulfonamides is 1. The maximum absolute atomic E-state index is 13.3. The topological polar surface area (TPSA) is 83.8 Å². The van der Waals surface area contributed by atoms with Gasteiger partial charge in [0, 0.05) is 44.9 Å². The summed E-state index contributed by atoms with van der Waals surface area (Å²) < 4.78 is 40.0. The minimum Gasteiger partial charge on any atom is -0.296 e. The summed E-state index contributed by atoms with van der Waals surface area (Å²) in [5, 5.41) is 10.9. The second-order valence-corrected chi connectivity index (χ2v) is 8.00. The van der Waals surface area contributed by atoms with Crippen molar-refractivity contribution in [1.29, 1.82) is 0 Å². The van der Waals surface area contributed by atoms with E-state index in [9.17, 15) is 22.9 Å². The Morgan fingerprint density at radius 2 is 1.73 bits per heavy atom. The Bertz CT molecular complexity index is 912. The minimum absolute atomic E-state index is 0.0784. The lowest BCUT2D eigenvalue weighted by Crippen LogP contribution is -2.48. The summed E-state index contributed by atoms with van der Waals surface area (Å²) in [6, 6.07) is 11.4. The Labute approximate surface area is 150 Å². The molecule has 3 rings (SSSR count). The lowest BCUT2D eigenvalue weighted by Gasteiger charge is -2.34. The first-order valence-corrected chi connectivity index (χ1v) is 9.52. The summed E-state index contributed by atoms with van der Waals surface area (Å²) in [6.07, 6.45) is 0. The van der Waals surface area contributed by atoms with Crippen molar-refractivity contribution < 1.29 is 17.7 Å². The van der Waals surface area contributed by atoms with Gasteiger partial charge < -0.3 is 0 Å². The van der Waals surface area contributed by atoms with Crippen LogP contribution in [0.2, 0.25) is 0 Å². The molecule has 26 heavy (non-hydrogen) atoms. The second-order valence-electron chi connectivity index (χ2n) is 6.06. The van der Waals surface area contributed by atoms with Gasteiger partial charge in [0.05, 0.1) is 9.82 Å². The second kappa shape index (κ2) is 7.48. The molecule has 0 spiro atoms. The smallest absolute Gasteiger partial charge is 0.270 e. The summed E-state index contributed by atoms with van der Waals surface area (Å²) in [4.78, 5) is 12.2. The van der Waals surface area contributed by atoms with Crippen molar-refractivity contribution in [2.75, 3.05) is 26.2 Å². The van der Waals surface area contributed by atoms with Crippen molar-refractivity contribution in [1.82, 2.24) is 9.21 Å². The van der Waals surface area contributed by atoms with Crippen LogP contribution in [0.4, 0.5) is 10.1 Å². The third-order valence-corrected chi connectivity index (χ3v) is 6.19. The fourth-order valence-electron chi connectivity index (χ4n) is 2.93. The highest BCUT2D eigenvalue weighted by molar-refractivity contribution is 7.89. The Morgan fingerprint density at radius 1 is 1.04 bits per heavy atom. The van der Waals surface area contributed by atoms with Gasteiger partial charge in [-0.1, -0.05) is 18.2 Å². The summed E-state index contributed by atoms with van der Waals surface area (Å²) in [5.41, 5.74) is 0.579. The van der Waals surface area contributed by atoms with Gasteiger partial charge in [-0.25, -0.2) is 12.8 Å². The number of rotatable bonds is 5. The molecule has 0 atom stereocenters. The highest BCUT2D eigenvalue weighted by Gasteiger charge is 2.29.